The summed E-state index contributed by atoms with van der Waals surface area (Å²) >= 11 is 1.94. The first-order chi connectivity index (χ1) is 6.56. The normalized spacial score (nSPS) is 28.7. The van der Waals surface area contributed by atoms with Crippen LogP contribution < -0.4 is 5.32 Å². The van der Waals surface area contributed by atoms with Crippen molar-refractivity contribution < 1.29 is 0 Å². The van der Waals surface area contributed by atoms with Gasteiger partial charge in [0, 0.05) is 17.8 Å². The van der Waals surface area contributed by atoms with Crippen molar-refractivity contribution in [1.82, 2.24) is 5.32 Å². The second-order valence-corrected chi connectivity index (χ2v) is 6.22. The third kappa shape index (κ3) is 3.47. The molecule has 0 aromatic heterocycles. The molecule has 1 aliphatic carbocycles. The standard InChI is InChI=1S/C12H25NS/c1-10(9-14-4)13-11-7-5-6-8-12(11,2)3/h10-11,13H,5-9H2,1-4H3. The van der Waals surface area contributed by atoms with Crippen molar-refractivity contribution in [3.63, 3.8) is 0 Å². The lowest BCUT2D eigenvalue weighted by Crippen LogP contribution is -2.48. The summed E-state index contributed by atoms with van der Waals surface area (Å²) in [6, 6.07) is 1.39. The highest BCUT2D eigenvalue weighted by Crippen LogP contribution is 2.35. The van der Waals surface area contributed by atoms with Crippen LogP contribution in [0.25, 0.3) is 0 Å². The van der Waals surface area contributed by atoms with Crippen LogP contribution >= 0.6 is 11.8 Å². The molecule has 0 saturated heterocycles. The Bertz CT molecular complexity index is 168. The maximum absolute atomic E-state index is 3.79. The Balaban J connectivity index is 2.41. The first-order valence-electron chi connectivity index (χ1n) is 5.81. The van der Waals surface area contributed by atoms with E-state index < -0.39 is 0 Å². The molecule has 2 unspecified atom stereocenters. The summed E-state index contributed by atoms with van der Waals surface area (Å²) in [5, 5.41) is 3.79. The third-order valence-electron chi connectivity index (χ3n) is 3.41. The van der Waals surface area contributed by atoms with Gasteiger partial charge in [-0.2, -0.15) is 11.8 Å². The predicted molar refractivity (Wildman–Crippen MR) is 67.0 cm³/mol. The predicted octanol–water partition coefficient (Wildman–Crippen LogP) is 3.30. The molecule has 1 nitrogen and oxygen atoms in total. The maximum atomic E-state index is 3.79. The first kappa shape index (κ1) is 12.4. The van der Waals surface area contributed by atoms with Crippen molar-refractivity contribution in [1.29, 1.82) is 0 Å². The minimum Gasteiger partial charge on any atom is -0.310 e. The SMILES string of the molecule is CSCC(C)NC1CCCCC1(C)C. The number of nitrogens with one attached hydrogen (secondary N) is 1. The molecule has 1 rings (SSSR count). The van der Waals surface area contributed by atoms with Crippen molar-refractivity contribution in [3.05, 3.63) is 0 Å². The van der Waals surface area contributed by atoms with E-state index in [-0.39, 0.29) is 0 Å². The van der Waals surface area contributed by atoms with Crippen LogP contribution in [0.5, 0.6) is 0 Å². The second-order valence-electron chi connectivity index (χ2n) is 5.31. The number of thioether (sulfide) groups is 1. The molecule has 1 fully saturated rings. The Kier molecular flexibility index (Phi) is 4.78. The molecule has 1 N–H and O–H groups in total. The van der Waals surface area contributed by atoms with Gasteiger partial charge in [0.05, 0.1) is 0 Å². The zero-order valence-electron chi connectivity index (χ0n) is 10.1. The van der Waals surface area contributed by atoms with Crippen molar-refractivity contribution in [2.45, 2.75) is 58.5 Å². The van der Waals surface area contributed by atoms with Crippen molar-refractivity contribution >= 4 is 11.8 Å². The van der Waals surface area contributed by atoms with E-state index in [1.54, 1.807) is 0 Å². The molecule has 0 aromatic rings. The fourth-order valence-corrected chi connectivity index (χ4v) is 3.04. The minimum absolute atomic E-state index is 0.505. The van der Waals surface area contributed by atoms with E-state index in [1.165, 1.54) is 31.4 Å². The van der Waals surface area contributed by atoms with Crippen molar-refractivity contribution in [2.24, 2.45) is 5.41 Å². The molecule has 84 valence electrons. The maximum Gasteiger partial charge on any atom is 0.0132 e. The second kappa shape index (κ2) is 5.41. The van der Waals surface area contributed by atoms with E-state index in [4.69, 9.17) is 0 Å². The zero-order valence-corrected chi connectivity index (χ0v) is 10.9. The highest BCUT2D eigenvalue weighted by molar-refractivity contribution is 7.98. The topological polar surface area (TPSA) is 12.0 Å². The minimum atomic E-state index is 0.505. The monoisotopic (exact) mass is 215 g/mol. The molecule has 1 aliphatic rings. The van der Waals surface area contributed by atoms with E-state index in [0.29, 0.717) is 11.5 Å². The zero-order chi connectivity index (χ0) is 10.6. The molecule has 0 aromatic carbocycles. The molecule has 0 spiro atoms. The van der Waals surface area contributed by atoms with Gasteiger partial charge in [-0.3, -0.25) is 0 Å². The number of hydrogen-bond donors (Lipinski definition) is 1. The Labute approximate surface area is 93.4 Å². The fraction of sp³-hybridized carbons (Fsp3) is 1.00. The van der Waals surface area contributed by atoms with Crippen LogP contribution in [0.1, 0.15) is 46.5 Å². The Hall–Kier alpha value is 0.310. The smallest absolute Gasteiger partial charge is 0.0132 e. The van der Waals surface area contributed by atoms with E-state index >= 15 is 0 Å². The molecule has 0 aliphatic heterocycles. The largest absolute Gasteiger partial charge is 0.310 e. The van der Waals surface area contributed by atoms with Gasteiger partial charge >= 0.3 is 0 Å². The highest BCUT2D eigenvalue weighted by Gasteiger charge is 2.32. The lowest BCUT2D eigenvalue weighted by molar-refractivity contribution is 0.160. The summed E-state index contributed by atoms with van der Waals surface area (Å²) in [7, 11) is 0. The summed E-state index contributed by atoms with van der Waals surface area (Å²) in [5.74, 6) is 1.23. The van der Waals surface area contributed by atoms with E-state index in [2.05, 4.69) is 32.3 Å². The van der Waals surface area contributed by atoms with Gasteiger partial charge < -0.3 is 5.32 Å². The molecule has 1 saturated carbocycles. The lowest BCUT2D eigenvalue weighted by Gasteiger charge is -2.40. The van der Waals surface area contributed by atoms with Gasteiger partial charge in [0.1, 0.15) is 0 Å². The average molecular weight is 215 g/mol. The van der Waals surface area contributed by atoms with Gasteiger partial charge in [0.25, 0.3) is 0 Å². The molecule has 0 amide bonds. The molecule has 0 bridgehead atoms. The van der Waals surface area contributed by atoms with E-state index in [0.717, 1.165) is 6.04 Å². The lowest BCUT2D eigenvalue weighted by atomic mass is 9.73. The fourth-order valence-electron chi connectivity index (χ4n) is 2.44. The highest BCUT2D eigenvalue weighted by atomic mass is 32.2. The number of rotatable bonds is 4. The van der Waals surface area contributed by atoms with Crippen LogP contribution in [-0.4, -0.2) is 24.1 Å². The van der Waals surface area contributed by atoms with Crippen LogP contribution in [0.4, 0.5) is 0 Å². The molecule has 2 atom stereocenters. The average Bonchev–Trinajstić information content (AvgIpc) is 2.09. The molecule has 2 heteroatoms. The van der Waals surface area contributed by atoms with Gasteiger partial charge in [-0.05, 0) is 31.4 Å². The van der Waals surface area contributed by atoms with Gasteiger partial charge in [0.2, 0.25) is 0 Å². The van der Waals surface area contributed by atoms with Crippen LogP contribution in [0.3, 0.4) is 0 Å². The van der Waals surface area contributed by atoms with Crippen LogP contribution in [-0.2, 0) is 0 Å². The summed E-state index contributed by atoms with van der Waals surface area (Å²) in [5.41, 5.74) is 0.505. The van der Waals surface area contributed by atoms with Gasteiger partial charge in [0.15, 0.2) is 0 Å². The van der Waals surface area contributed by atoms with Crippen LogP contribution in [0.15, 0.2) is 0 Å². The first-order valence-corrected chi connectivity index (χ1v) is 7.20. The summed E-state index contributed by atoms with van der Waals surface area (Å²) < 4.78 is 0. The van der Waals surface area contributed by atoms with Crippen molar-refractivity contribution in [2.75, 3.05) is 12.0 Å². The molecular formula is C12H25NS. The number of hydrogen-bond acceptors (Lipinski definition) is 2. The molecular weight excluding hydrogens is 190 g/mol. The van der Waals surface area contributed by atoms with Crippen LogP contribution in [0.2, 0.25) is 0 Å². The van der Waals surface area contributed by atoms with Crippen molar-refractivity contribution in [3.8, 4) is 0 Å². The van der Waals surface area contributed by atoms with Gasteiger partial charge in [-0.25, -0.2) is 0 Å². The molecule has 0 heterocycles. The molecule has 14 heavy (non-hydrogen) atoms. The van der Waals surface area contributed by atoms with Crippen LogP contribution in [0, 0.1) is 5.41 Å². The van der Waals surface area contributed by atoms with Gasteiger partial charge in [-0.15, -0.1) is 0 Å². The quantitative estimate of drug-likeness (QED) is 0.772. The van der Waals surface area contributed by atoms with E-state index in [1.807, 2.05) is 11.8 Å². The Morgan fingerprint density at radius 2 is 2.14 bits per heavy atom. The van der Waals surface area contributed by atoms with Gasteiger partial charge in [-0.1, -0.05) is 26.7 Å². The Morgan fingerprint density at radius 3 is 2.71 bits per heavy atom. The van der Waals surface area contributed by atoms with E-state index in [9.17, 15) is 0 Å². The Morgan fingerprint density at radius 1 is 1.43 bits per heavy atom. The molecule has 0 radical (unpaired) electrons. The third-order valence-corrected chi connectivity index (χ3v) is 4.24. The summed E-state index contributed by atoms with van der Waals surface area (Å²) in [4.78, 5) is 0. The summed E-state index contributed by atoms with van der Waals surface area (Å²) in [6.07, 6.45) is 7.77. The summed E-state index contributed by atoms with van der Waals surface area (Å²) in [6.45, 7) is 7.13.